The lowest BCUT2D eigenvalue weighted by Gasteiger charge is -2.21. The molecule has 0 spiro atoms. The molecule has 4 rings (SSSR count). The Kier molecular flexibility index (Phi) is 3.49. The maximum absolute atomic E-state index is 5.47. The topological polar surface area (TPSA) is 28.3 Å². The van der Waals surface area contributed by atoms with Crippen molar-refractivity contribution >= 4 is 5.69 Å². The maximum atomic E-state index is 5.47. The summed E-state index contributed by atoms with van der Waals surface area (Å²) in [6, 6.07) is 11.4. The van der Waals surface area contributed by atoms with Crippen molar-refractivity contribution in [3.63, 3.8) is 0 Å². The van der Waals surface area contributed by atoms with Crippen LogP contribution in [0.1, 0.15) is 43.9 Å². The fourth-order valence-electron chi connectivity index (χ4n) is 4.18. The molecule has 1 fully saturated rings. The number of aromatic nitrogens is 1. The molecule has 1 N–H and O–H groups in total. The first-order valence-corrected chi connectivity index (χ1v) is 8.67. The van der Waals surface area contributed by atoms with Crippen LogP contribution in [0.2, 0.25) is 0 Å². The summed E-state index contributed by atoms with van der Waals surface area (Å²) in [6.07, 6.45) is 2.25. The van der Waals surface area contributed by atoms with E-state index in [9.17, 15) is 0 Å². The van der Waals surface area contributed by atoms with Crippen LogP contribution < -0.4 is 4.90 Å². The third kappa shape index (κ3) is 2.57. The van der Waals surface area contributed by atoms with Gasteiger partial charge < -0.3 is 14.6 Å². The van der Waals surface area contributed by atoms with Crippen molar-refractivity contribution in [3.05, 3.63) is 41.6 Å². The first-order chi connectivity index (χ1) is 11.0. The van der Waals surface area contributed by atoms with E-state index in [1.165, 1.54) is 28.2 Å². The highest BCUT2D eigenvalue weighted by molar-refractivity contribution is 5.72. The Balaban J connectivity index is 1.64. The molecule has 1 aromatic carbocycles. The van der Waals surface area contributed by atoms with Crippen molar-refractivity contribution in [1.29, 1.82) is 0 Å². The zero-order chi connectivity index (χ0) is 16.0. The molecule has 0 amide bonds. The molecule has 2 aliphatic heterocycles. The van der Waals surface area contributed by atoms with Gasteiger partial charge in [0.15, 0.2) is 0 Å². The number of benzene rings is 1. The lowest BCUT2D eigenvalue weighted by atomic mass is 9.86. The summed E-state index contributed by atoms with van der Waals surface area (Å²) in [5.74, 6) is 0.619. The first-order valence-electron chi connectivity index (χ1n) is 8.67. The molecule has 3 heterocycles. The Morgan fingerprint density at radius 1 is 1.13 bits per heavy atom. The summed E-state index contributed by atoms with van der Waals surface area (Å²) in [5.41, 5.74) is 6.94. The Morgan fingerprint density at radius 2 is 1.91 bits per heavy atom. The smallest absolute Gasteiger partial charge is 0.0472 e. The molecule has 1 aromatic heterocycles. The van der Waals surface area contributed by atoms with Crippen molar-refractivity contribution in [1.82, 2.24) is 4.98 Å². The van der Waals surface area contributed by atoms with Crippen LogP contribution in [0.25, 0.3) is 11.3 Å². The average molecular weight is 310 g/mol. The van der Waals surface area contributed by atoms with Crippen LogP contribution in [0, 0.1) is 0 Å². The summed E-state index contributed by atoms with van der Waals surface area (Å²) < 4.78 is 5.47. The van der Waals surface area contributed by atoms with Crippen LogP contribution in [-0.4, -0.2) is 31.8 Å². The minimum atomic E-state index is 0.242. The summed E-state index contributed by atoms with van der Waals surface area (Å²) in [7, 11) is 2.19. The van der Waals surface area contributed by atoms with Gasteiger partial charge in [0, 0.05) is 55.2 Å². The van der Waals surface area contributed by atoms with Gasteiger partial charge in [0.1, 0.15) is 0 Å². The Bertz CT molecular complexity index is 710. The standard InChI is InChI=1S/C20H26N2O/c1-20(2)13-22(3)19-12-15(4-5-16(19)20)18-7-6-17(21-18)14-8-10-23-11-9-14/h4-7,12,14,21H,8-11,13H2,1-3H3. The largest absolute Gasteiger partial charge is 0.381 e. The molecular formula is C20H26N2O. The van der Waals surface area contributed by atoms with E-state index < -0.39 is 0 Å². The highest BCUT2D eigenvalue weighted by Gasteiger charge is 2.33. The van der Waals surface area contributed by atoms with Crippen LogP contribution in [0.4, 0.5) is 5.69 Å². The van der Waals surface area contributed by atoms with Crippen molar-refractivity contribution < 1.29 is 4.74 Å². The monoisotopic (exact) mass is 310 g/mol. The first kappa shape index (κ1) is 14.8. The van der Waals surface area contributed by atoms with Crippen LogP contribution >= 0.6 is 0 Å². The zero-order valence-electron chi connectivity index (χ0n) is 14.4. The molecular weight excluding hydrogens is 284 g/mol. The van der Waals surface area contributed by atoms with Gasteiger partial charge in [-0.15, -0.1) is 0 Å². The number of nitrogens with zero attached hydrogens (tertiary/aromatic N) is 1. The molecule has 2 aromatic rings. The number of fused-ring (bicyclic) bond motifs is 1. The molecule has 0 bridgehead atoms. The highest BCUT2D eigenvalue weighted by Crippen LogP contribution is 2.41. The molecule has 3 nitrogen and oxygen atoms in total. The van der Waals surface area contributed by atoms with Gasteiger partial charge in [-0.2, -0.15) is 0 Å². The van der Waals surface area contributed by atoms with E-state index in [1.54, 1.807) is 0 Å². The molecule has 0 aliphatic carbocycles. The number of anilines is 1. The van der Waals surface area contributed by atoms with Gasteiger partial charge >= 0.3 is 0 Å². The average Bonchev–Trinajstić information content (AvgIpc) is 3.12. The minimum absolute atomic E-state index is 0.242. The molecule has 1 saturated heterocycles. The van der Waals surface area contributed by atoms with Gasteiger partial charge in [0.25, 0.3) is 0 Å². The fourth-order valence-corrected chi connectivity index (χ4v) is 4.18. The van der Waals surface area contributed by atoms with E-state index in [0.29, 0.717) is 5.92 Å². The van der Waals surface area contributed by atoms with Crippen molar-refractivity contribution in [2.24, 2.45) is 0 Å². The van der Waals surface area contributed by atoms with Gasteiger partial charge in [-0.25, -0.2) is 0 Å². The predicted molar refractivity (Wildman–Crippen MR) is 95.3 cm³/mol. The number of hydrogen-bond acceptors (Lipinski definition) is 2. The number of aromatic amines is 1. The normalized spacial score (nSPS) is 20.7. The summed E-state index contributed by atoms with van der Waals surface area (Å²) >= 11 is 0. The molecule has 0 saturated carbocycles. The molecule has 3 heteroatoms. The van der Waals surface area contributed by atoms with E-state index in [4.69, 9.17) is 4.74 Å². The Morgan fingerprint density at radius 3 is 2.70 bits per heavy atom. The molecule has 2 aliphatic rings. The second kappa shape index (κ2) is 5.41. The number of ether oxygens (including phenoxy) is 1. The van der Waals surface area contributed by atoms with Gasteiger partial charge in [0.05, 0.1) is 0 Å². The molecule has 23 heavy (non-hydrogen) atoms. The SMILES string of the molecule is CN1CC(C)(C)c2ccc(-c3ccc(C4CCOCC4)[nH]3)cc21. The number of hydrogen-bond donors (Lipinski definition) is 1. The van der Waals surface area contributed by atoms with Gasteiger partial charge in [0.2, 0.25) is 0 Å². The highest BCUT2D eigenvalue weighted by atomic mass is 16.5. The van der Waals surface area contributed by atoms with Gasteiger partial charge in [-0.1, -0.05) is 26.0 Å². The van der Waals surface area contributed by atoms with E-state index in [1.807, 2.05) is 0 Å². The quantitative estimate of drug-likeness (QED) is 0.895. The lowest BCUT2D eigenvalue weighted by Crippen LogP contribution is -2.24. The predicted octanol–water partition coefficient (Wildman–Crippen LogP) is 4.30. The molecule has 0 radical (unpaired) electrons. The fraction of sp³-hybridized carbons (Fsp3) is 0.500. The van der Waals surface area contributed by atoms with E-state index >= 15 is 0 Å². The van der Waals surface area contributed by atoms with Crippen LogP contribution in [0.15, 0.2) is 30.3 Å². The van der Waals surface area contributed by atoms with Crippen LogP contribution in [0.5, 0.6) is 0 Å². The lowest BCUT2D eigenvalue weighted by molar-refractivity contribution is 0.0846. The molecule has 0 atom stereocenters. The van der Waals surface area contributed by atoms with Gasteiger partial charge in [-0.3, -0.25) is 0 Å². The number of H-pyrrole nitrogens is 1. The van der Waals surface area contributed by atoms with Crippen molar-refractivity contribution in [3.8, 4) is 11.3 Å². The summed E-state index contributed by atoms with van der Waals surface area (Å²) in [6.45, 7) is 7.51. The molecule has 122 valence electrons. The minimum Gasteiger partial charge on any atom is -0.381 e. The summed E-state index contributed by atoms with van der Waals surface area (Å²) in [4.78, 5) is 6.03. The number of rotatable bonds is 2. The zero-order valence-corrected chi connectivity index (χ0v) is 14.4. The van der Waals surface area contributed by atoms with Crippen molar-refractivity contribution in [2.45, 2.75) is 38.0 Å². The Labute approximate surface area is 138 Å². The van der Waals surface area contributed by atoms with Crippen LogP contribution in [0.3, 0.4) is 0 Å². The van der Waals surface area contributed by atoms with Gasteiger partial charge in [-0.05, 0) is 42.2 Å². The molecule has 0 unspecified atom stereocenters. The van der Waals surface area contributed by atoms with Crippen LogP contribution in [-0.2, 0) is 10.2 Å². The van der Waals surface area contributed by atoms with E-state index in [2.05, 4.69) is 61.1 Å². The third-order valence-corrected chi connectivity index (χ3v) is 5.45. The third-order valence-electron chi connectivity index (χ3n) is 5.45. The number of nitrogens with one attached hydrogen (secondary N) is 1. The van der Waals surface area contributed by atoms with E-state index in [-0.39, 0.29) is 5.41 Å². The summed E-state index contributed by atoms with van der Waals surface area (Å²) in [5, 5.41) is 0. The second-order valence-electron chi connectivity index (χ2n) is 7.69. The van der Waals surface area contributed by atoms with Crippen molar-refractivity contribution in [2.75, 3.05) is 31.7 Å². The number of likely N-dealkylation sites (N-methyl/N-ethyl adjacent to an activating group) is 1. The second-order valence-corrected chi connectivity index (χ2v) is 7.69. The van der Waals surface area contributed by atoms with E-state index in [0.717, 1.165) is 32.6 Å². The Hall–Kier alpha value is -1.74. The maximum Gasteiger partial charge on any atom is 0.0472 e.